The number of nitrogens with zero attached hydrogens (tertiary/aromatic N) is 4. The first kappa shape index (κ1) is 21.6. The summed E-state index contributed by atoms with van der Waals surface area (Å²) in [5, 5.41) is 17.5. The van der Waals surface area contributed by atoms with Crippen molar-refractivity contribution >= 4 is 21.6 Å². The van der Waals surface area contributed by atoms with Gasteiger partial charge in [0, 0.05) is 38.2 Å². The van der Waals surface area contributed by atoms with Gasteiger partial charge in [-0.1, -0.05) is 12.5 Å². The van der Waals surface area contributed by atoms with E-state index in [2.05, 4.69) is 15.1 Å². The number of amides is 1. The molecule has 1 aromatic heterocycles. The highest BCUT2D eigenvalue weighted by atomic mass is 32.2. The first-order chi connectivity index (χ1) is 14.3. The molecule has 0 saturated carbocycles. The Hall–Kier alpha value is -3.06. The minimum absolute atomic E-state index is 0.0185. The maximum absolute atomic E-state index is 12.3. The molecule has 2 heterocycles. The molecule has 0 unspecified atom stereocenters. The first-order valence-corrected chi connectivity index (χ1v) is 10.9. The molecule has 0 bridgehead atoms. The molecule has 30 heavy (non-hydrogen) atoms. The average molecular weight is 438 g/mol. The normalized spacial score (nSPS) is 14.0. The number of rotatable bonds is 8. The van der Waals surface area contributed by atoms with E-state index in [1.54, 1.807) is 4.57 Å². The summed E-state index contributed by atoms with van der Waals surface area (Å²) in [4.78, 5) is 34.3. The van der Waals surface area contributed by atoms with E-state index in [1.807, 2.05) is 0 Å². The average Bonchev–Trinajstić information content (AvgIpc) is 2.87. The molecule has 1 aromatic carbocycles. The Morgan fingerprint density at radius 3 is 2.80 bits per heavy atom. The van der Waals surface area contributed by atoms with Gasteiger partial charge < -0.3 is 5.32 Å². The lowest BCUT2D eigenvalue weighted by atomic mass is 10.2. The van der Waals surface area contributed by atoms with Crippen LogP contribution in [0.2, 0.25) is 0 Å². The molecule has 13 heteroatoms. The molecule has 2 N–H and O–H groups in total. The summed E-state index contributed by atoms with van der Waals surface area (Å²) in [6.07, 6.45) is 3.59. The van der Waals surface area contributed by atoms with Gasteiger partial charge in [-0.3, -0.25) is 19.5 Å². The van der Waals surface area contributed by atoms with Gasteiger partial charge in [0.1, 0.15) is 12.4 Å². The van der Waals surface area contributed by atoms with Crippen molar-refractivity contribution in [2.45, 2.75) is 43.7 Å². The first-order valence-electron chi connectivity index (χ1n) is 9.45. The molecular weight excluding hydrogens is 416 g/mol. The molecule has 1 aliphatic heterocycles. The molecule has 0 fully saturated rings. The van der Waals surface area contributed by atoms with E-state index in [4.69, 9.17) is 0 Å². The van der Waals surface area contributed by atoms with Crippen LogP contribution in [0.4, 0.5) is 5.69 Å². The van der Waals surface area contributed by atoms with Gasteiger partial charge in [0.2, 0.25) is 15.9 Å². The maximum Gasteiger partial charge on any atom is 0.346 e. The van der Waals surface area contributed by atoms with Crippen LogP contribution in [0, 0.1) is 10.1 Å². The zero-order valence-electron chi connectivity index (χ0n) is 16.1. The summed E-state index contributed by atoms with van der Waals surface area (Å²) in [6, 6.07) is 4.66. The summed E-state index contributed by atoms with van der Waals surface area (Å²) in [7, 11) is -3.96. The van der Waals surface area contributed by atoms with Crippen LogP contribution in [0.3, 0.4) is 0 Å². The Morgan fingerprint density at radius 2 is 2.03 bits per heavy atom. The number of fused-ring (bicyclic) bond motifs is 1. The quantitative estimate of drug-likeness (QED) is 0.327. The van der Waals surface area contributed by atoms with Crippen LogP contribution in [0.5, 0.6) is 0 Å². The fourth-order valence-electron chi connectivity index (χ4n) is 3.16. The van der Waals surface area contributed by atoms with Gasteiger partial charge in [0.05, 0.1) is 9.82 Å². The topological polar surface area (TPSA) is 158 Å². The van der Waals surface area contributed by atoms with Crippen molar-refractivity contribution in [3.63, 3.8) is 0 Å². The Bertz CT molecular complexity index is 1110. The van der Waals surface area contributed by atoms with E-state index in [-0.39, 0.29) is 35.9 Å². The van der Waals surface area contributed by atoms with E-state index in [0.29, 0.717) is 18.8 Å². The number of non-ortho nitro benzene ring substituents is 1. The molecule has 0 saturated heterocycles. The zero-order chi connectivity index (χ0) is 21.7. The number of nitro benzene ring substituents is 1. The van der Waals surface area contributed by atoms with Gasteiger partial charge in [-0.2, -0.15) is 5.10 Å². The van der Waals surface area contributed by atoms with Crippen molar-refractivity contribution in [1.82, 2.24) is 24.4 Å². The van der Waals surface area contributed by atoms with Crippen LogP contribution < -0.4 is 15.7 Å². The zero-order valence-corrected chi connectivity index (χ0v) is 16.9. The Labute approximate surface area is 172 Å². The van der Waals surface area contributed by atoms with Gasteiger partial charge in [-0.15, -0.1) is 0 Å². The van der Waals surface area contributed by atoms with Gasteiger partial charge in [-0.25, -0.2) is 22.6 Å². The maximum atomic E-state index is 12.3. The lowest BCUT2D eigenvalue weighted by Crippen LogP contribution is -2.38. The number of aryl methyl sites for hydroxylation is 1. The van der Waals surface area contributed by atoms with Gasteiger partial charge in [0.25, 0.3) is 5.69 Å². The highest BCUT2D eigenvalue weighted by Gasteiger charge is 2.19. The van der Waals surface area contributed by atoms with Crippen molar-refractivity contribution in [2.24, 2.45) is 0 Å². The summed E-state index contributed by atoms with van der Waals surface area (Å²) in [6.45, 7) is 0.201. The van der Waals surface area contributed by atoms with E-state index in [9.17, 15) is 28.1 Å². The summed E-state index contributed by atoms with van der Waals surface area (Å²) in [5.74, 6) is 0.204. The van der Waals surface area contributed by atoms with Crippen LogP contribution in [-0.2, 0) is 34.3 Å². The fourth-order valence-corrected chi connectivity index (χ4v) is 4.23. The second kappa shape index (κ2) is 9.17. The number of nitrogens with one attached hydrogen (secondary N) is 2. The third kappa shape index (κ3) is 5.10. The highest BCUT2D eigenvalue weighted by Crippen LogP contribution is 2.16. The molecule has 12 nitrogen and oxygen atoms in total. The number of carbonyl (C=O) groups is 1. The molecule has 0 aliphatic carbocycles. The third-order valence-electron chi connectivity index (χ3n) is 4.65. The summed E-state index contributed by atoms with van der Waals surface area (Å²) in [5.41, 5.74) is -0.663. The fraction of sp³-hybridized carbons (Fsp3) is 0.471. The van der Waals surface area contributed by atoms with E-state index < -0.39 is 20.9 Å². The number of sulfonamides is 1. The Kier molecular flexibility index (Phi) is 6.62. The molecule has 1 amide bonds. The van der Waals surface area contributed by atoms with Crippen LogP contribution in [0.15, 0.2) is 34.0 Å². The number of aromatic nitrogens is 3. The predicted molar refractivity (Wildman–Crippen MR) is 105 cm³/mol. The van der Waals surface area contributed by atoms with E-state index >= 15 is 0 Å². The van der Waals surface area contributed by atoms with E-state index in [0.717, 1.165) is 30.0 Å². The molecule has 0 radical (unpaired) electrons. The standard InChI is InChI=1S/C17H22N6O6S/c24-16(12-22-17(25)21-10-3-1-2-7-15(21)20-22)18-8-9-19-30(28,29)14-6-4-5-13(11-14)23(26)27/h4-6,11,19H,1-3,7-10,12H2,(H,18,24). The smallest absolute Gasteiger partial charge is 0.346 e. The lowest BCUT2D eigenvalue weighted by Gasteiger charge is -2.08. The molecule has 2 aromatic rings. The van der Waals surface area contributed by atoms with Gasteiger partial charge in [0.15, 0.2) is 0 Å². The minimum atomic E-state index is -3.96. The van der Waals surface area contributed by atoms with Gasteiger partial charge >= 0.3 is 5.69 Å². The monoisotopic (exact) mass is 438 g/mol. The molecule has 162 valence electrons. The molecular formula is C17H22N6O6S. The third-order valence-corrected chi connectivity index (χ3v) is 6.11. The van der Waals surface area contributed by atoms with Crippen LogP contribution in [-0.4, -0.2) is 46.7 Å². The summed E-state index contributed by atoms with van der Waals surface area (Å²) >= 11 is 0. The molecule has 1 aliphatic rings. The number of nitro groups is 1. The Balaban J connectivity index is 1.51. The SMILES string of the molecule is O=C(Cn1nc2n(c1=O)CCCCC2)NCCNS(=O)(=O)c1cccc([N+](=O)[O-])c1. The Morgan fingerprint density at radius 1 is 1.23 bits per heavy atom. The van der Waals surface area contributed by atoms with E-state index in [1.165, 1.54) is 18.2 Å². The molecule has 0 atom stereocenters. The predicted octanol–water partition coefficient (Wildman–Crippen LogP) is -0.226. The van der Waals surface area contributed by atoms with Crippen molar-refractivity contribution in [3.05, 3.63) is 50.7 Å². The molecule has 0 spiro atoms. The van der Waals surface area contributed by atoms with Crippen molar-refractivity contribution < 1.29 is 18.1 Å². The van der Waals surface area contributed by atoms with Crippen LogP contribution >= 0.6 is 0 Å². The largest absolute Gasteiger partial charge is 0.353 e. The second-order valence-corrected chi connectivity index (χ2v) is 8.59. The number of carbonyl (C=O) groups excluding carboxylic acids is 1. The van der Waals surface area contributed by atoms with Crippen molar-refractivity contribution in [1.29, 1.82) is 0 Å². The van der Waals surface area contributed by atoms with Gasteiger partial charge in [-0.05, 0) is 18.9 Å². The van der Waals surface area contributed by atoms with Crippen LogP contribution in [0.1, 0.15) is 25.1 Å². The second-order valence-electron chi connectivity index (χ2n) is 6.82. The van der Waals surface area contributed by atoms with Crippen LogP contribution in [0.25, 0.3) is 0 Å². The van der Waals surface area contributed by atoms with Crippen molar-refractivity contribution in [3.8, 4) is 0 Å². The lowest BCUT2D eigenvalue weighted by molar-refractivity contribution is -0.385. The minimum Gasteiger partial charge on any atom is -0.353 e. The number of hydrogen-bond donors (Lipinski definition) is 2. The molecule has 3 rings (SSSR count). The summed E-state index contributed by atoms with van der Waals surface area (Å²) < 4.78 is 29.4. The number of hydrogen-bond acceptors (Lipinski definition) is 7. The van der Waals surface area contributed by atoms with Crippen molar-refractivity contribution in [2.75, 3.05) is 13.1 Å². The number of benzene rings is 1. The highest BCUT2D eigenvalue weighted by molar-refractivity contribution is 7.89.